The molecule has 0 atom stereocenters. The van der Waals surface area contributed by atoms with Gasteiger partial charge in [0, 0.05) is 64.9 Å². The third kappa shape index (κ3) is 6.80. The molecule has 0 unspecified atom stereocenters. The second-order valence-corrected chi connectivity index (χ2v) is 27.2. The van der Waals surface area contributed by atoms with Crippen LogP contribution >= 0.6 is 11.3 Å². The van der Waals surface area contributed by atoms with E-state index < -0.39 is 0 Å². The highest BCUT2D eigenvalue weighted by molar-refractivity contribution is 7.26. The number of nitrogens with one attached hydrogen (secondary N) is 1. The fraction of sp³-hybridized carbons (Fsp3) is 0.364. The van der Waals surface area contributed by atoms with Crippen molar-refractivity contribution < 1.29 is 4.42 Å². The smallest absolute Gasteiger partial charge is 0.198 e. The van der Waals surface area contributed by atoms with Crippen LogP contribution in [0.25, 0.3) is 53.2 Å². The van der Waals surface area contributed by atoms with E-state index in [0.29, 0.717) is 0 Å². The maximum atomic E-state index is 6.87. The second-order valence-electron chi connectivity index (χ2n) is 26.2. The molecule has 358 valence electrons. The Labute approximate surface area is 426 Å². The number of benzene rings is 7. The SMILES string of the molecule is CC1(C)CCC(C)(C)c2cc(Nc3cc4c(cc3-c3c5c(cc6c3sc3ccccc36)N(c3ccc6c(c3)C(C)(C)CCC6(C)C)c3cc6c(cc3B5)C(C)(C)CCC6(C)C)oc3ccccc34)ccc21. The molecule has 3 heterocycles. The van der Waals surface area contributed by atoms with Crippen LogP contribution in [0.3, 0.4) is 0 Å². The monoisotopic (exact) mass is 949 g/mol. The maximum Gasteiger partial charge on any atom is 0.198 e. The van der Waals surface area contributed by atoms with E-state index in [1.165, 1.54) is 131 Å². The molecular weight excluding hydrogens is 880 g/mol. The van der Waals surface area contributed by atoms with Crippen LogP contribution in [0.15, 0.2) is 120 Å². The number of fused-ring (bicyclic) bond motifs is 11. The molecule has 1 aliphatic heterocycles. The van der Waals surface area contributed by atoms with Crippen LogP contribution in [0.5, 0.6) is 0 Å². The lowest BCUT2D eigenvalue weighted by molar-refractivity contribution is 0.332. The number of thiophene rings is 1. The molecule has 71 heavy (non-hydrogen) atoms. The van der Waals surface area contributed by atoms with Gasteiger partial charge in [0.25, 0.3) is 0 Å². The van der Waals surface area contributed by atoms with Gasteiger partial charge in [-0.1, -0.05) is 143 Å². The normalized spacial score (nSPS) is 19.7. The Bertz CT molecular complexity index is 3740. The topological polar surface area (TPSA) is 28.4 Å². The van der Waals surface area contributed by atoms with Crippen molar-refractivity contribution in [3.63, 3.8) is 0 Å². The van der Waals surface area contributed by atoms with Gasteiger partial charge >= 0.3 is 0 Å². The van der Waals surface area contributed by atoms with E-state index >= 15 is 0 Å². The number of hydrogen-bond donors (Lipinski definition) is 1. The lowest BCUT2D eigenvalue weighted by atomic mass is 9.55. The summed E-state index contributed by atoms with van der Waals surface area (Å²) in [5.41, 5.74) is 22.6. The van der Waals surface area contributed by atoms with Crippen molar-refractivity contribution in [1.82, 2.24) is 0 Å². The largest absolute Gasteiger partial charge is 0.456 e. The Morgan fingerprint density at radius 2 is 1.04 bits per heavy atom. The van der Waals surface area contributed by atoms with E-state index in [2.05, 4.69) is 209 Å². The van der Waals surface area contributed by atoms with E-state index in [1.54, 1.807) is 0 Å². The van der Waals surface area contributed by atoms with Gasteiger partial charge in [0.2, 0.25) is 0 Å². The van der Waals surface area contributed by atoms with Gasteiger partial charge in [0.05, 0.1) is 0 Å². The summed E-state index contributed by atoms with van der Waals surface area (Å²) in [6.45, 7) is 29.4. The number of anilines is 5. The molecule has 13 rings (SSSR count). The summed E-state index contributed by atoms with van der Waals surface area (Å²) in [5, 5.41) is 9.05. The Morgan fingerprint density at radius 3 is 1.72 bits per heavy atom. The van der Waals surface area contributed by atoms with Crippen LogP contribution < -0.4 is 21.1 Å². The van der Waals surface area contributed by atoms with Gasteiger partial charge in [-0.25, -0.2) is 0 Å². The van der Waals surface area contributed by atoms with Crippen molar-refractivity contribution in [2.45, 2.75) is 154 Å². The molecule has 2 aromatic heterocycles. The van der Waals surface area contributed by atoms with Crippen LogP contribution in [0.2, 0.25) is 0 Å². The Kier molecular flexibility index (Phi) is 9.47. The maximum absolute atomic E-state index is 6.87. The summed E-state index contributed by atoms with van der Waals surface area (Å²) >= 11 is 1.94. The summed E-state index contributed by atoms with van der Waals surface area (Å²) in [5.74, 6) is 0. The summed E-state index contributed by atoms with van der Waals surface area (Å²) in [7, 11) is 0.827. The zero-order valence-corrected chi connectivity index (χ0v) is 45.0. The third-order valence-corrected chi connectivity index (χ3v) is 19.9. The second kappa shape index (κ2) is 14.9. The highest BCUT2D eigenvalue weighted by Gasteiger charge is 2.42. The van der Waals surface area contributed by atoms with Gasteiger partial charge in [0.1, 0.15) is 11.2 Å². The van der Waals surface area contributed by atoms with Crippen LogP contribution in [0.4, 0.5) is 28.4 Å². The lowest BCUT2D eigenvalue weighted by Gasteiger charge is -2.45. The fourth-order valence-electron chi connectivity index (χ4n) is 13.8. The molecule has 0 amide bonds. The Hall–Kier alpha value is -5.78. The first-order valence-corrected chi connectivity index (χ1v) is 27.4. The van der Waals surface area contributed by atoms with Crippen LogP contribution in [0, 0.1) is 0 Å². The number of hydrogen-bond acceptors (Lipinski definition) is 4. The van der Waals surface area contributed by atoms with E-state index in [-0.39, 0.29) is 32.5 Å². The summed E-state index contributed by atoms with van der Waals surface area (Å²) in [6.07, 6.45) is 7.08. The lowest BCUT2D eigenvalue weighted by Crippen LogP contribution is -2.44. The van der Waals surface area contributed by atoms with Crippen molar-refractivity contribution in [3.05, 3.63) is 149 Å². The first kappa shape index (κ1) is 45.1. The van der Waals surface area contributed by atoms with Crippen molar-refractivity contribution in [1.29, 1.82) is 0 Å². The molecule has 0 spiro atoms. The van der Waals surface area contributed by atoms with Crippen LogP contribution in [0.1, 0.15) is 155 Å². The summed E-state index contributed by atoms with van der Waals surface area (Å²) < 4.78 is 9.50. The summed E-state index contributed by atoms with van der Waals surface area (Å²) in [6, 6.07) is 45.0. The average Bonchev–Trinajstić information content (AvgIpc) is 3.89. The van der Waals surface area contributed by atoms with E-state index in [4.69, 9.17) is 4.42 Å². The van der Waals surface area contributed by atoms with Crippen molar-refractivity contribution in [2.75, 3.05) is 10.2 Å². The Balaban J connectivity index is 1.13. The van der Waals surface area contributed by atoms with Crippen LogP contribution in [-0.4, -0.2) is 7.28 Å². The molecule has 4 aliphatic rings. The number of para-hydroxylation sites is 1. The van der Waals surface area contributed by atoms with E-state index in [1.807, 2.05) is 11.3 Å². The molecule has 5 heteroatoms. The molecule has 1 N–H and O–H groups in total. The average molecular weight is 949 g/mol. The number of furan rings is 1. The van der Waals surface area contributed by atoms with Crippen molar-refractivity contribution in [2.24, 2.45) is 0 Å². The van der Waals surface area contributed by atoms with Gasteiger partial charge in [-0.05, 0) is 176 Å². The number of nitrogens with zero attached hydrogens (tertiary/aromatic N) is 1. The minimum Gasteiger partial charge on any atom is -0.456 e. The molecule has 9 aromatic rings. The molecule has 0 fully saturated rings. The molecule has 0 saturated heterocycles. The minimum absolute atomic E-state index is 0.0626. The van der Waals surface area contributed by atoms with Gasteiger partial charge in [0.15, 0.2) is 7.28 Å². The minimum atomic E-state index is 0.0626. The molecular formula is C66H69BN2OS. The fourth-order valence-corrected chi connectivity index (χ4v) is 15.0. The standard InChI is InChI=1S/C66H69BN2OS/c1-61(2)25-27-63(5,6)47-31-38(21-23-45(47)61)68-52-33-42-40-17-13-15-19-55(40)70-56(42)35-44(52)58-59-54(34-43-41-18-14-16-20-57(41)71-60(43)58)69(39-22-24-46-48(32-39)64(7,8)28-26-62(46,3)4)53-37-50-49(36-51(53)67-59)65(9,10)29-30-66(50,11)12/h13-24,31-37,67-68H,25-30H2,1-12H3. The number of rotatable bonds is 4. The van der Waals surface area contributed by atoms with E-state index in [0.717, 1.165) is 40.6 Å². The van der Waals surface area contributed by atoms with Gasteiger partial charge in [-0.15, -0.1) is 11.3 Å². The predicted octanol–water partition coefficient (Wildman–Crippen LogP) is 17.6. The first-order chi connectivity index (χ1) is 33.6. The molecule has 0 saturated carbocycles. The van der Waals surface area contributed by atoms with Gasteiger partial charge in [-0.3, -0.25) is 0 Å². The highest BCUT2D eigenvalue weighted by atomic mass is 32.1. The van der Waals surface area contributed by atoms with Crippen LogP contribution in [-0.2, 0) is 32.5 Å². The van der Waals surface area contributed by atoms with Gasteiger partial charge < -0.3 is 14.6 Å². The van der Waals surface area contributed by atoms with Crippen molar-refractivity contribution in [3.8, 4) is 11.1 Å². The molecule has 0 bridgehead atoms. The first-order valence-electron chi connectivity index (χ1n) is 26.6. The van der Waals surface area contributed by atoms with Crippen molar-refractivity contribution >= 4 is 100 Å². The van der Waals surface area contributed by atoms with E-state index in [9.17, 15) is 0 Å². The zero-order chi connectivity index (χ0) is 49.4. The zero-order valence-electron chi connectivity index (χ0n) is 44.2. The molecule has 3 aliphatic carbocycles. The molecule has 3 nitrogen and oxygen atoms in total. The summed E-state index contributed by atoms with van der Waals surface area (Å²) in [4.78, 5) is 2.69. The predicted molar refractivity (Wildman–Crippen MR) is 309 cm³/mol. The third-order valence-electron chi connectivity index (χ3n) is 18.7. The molecule has 0 radical (unpaired) electrons. The van der Waals surface area contributed by atoms with Gasteiger partial charge in [-0.2, -0.15) is 0 Å². The Morgan fingerprint density at radius 1 is 0.479 bits per heavy atom. The quantitative estimate of drug-likeness (QED) is 0.178. The highest BCUT2D eigenvalue weighted by Crippen LogP contribution is 2.54. The molecule has 7 aromatic carbocycles.